The van der Waals surface area contributed by atoms with E-state index >= 15 is 0 Å². The largest absolute Gasteiger partial charge is 0.496 e. The Labute approximate surface area is 114 Å². The summed E-state index contributed by atoms with van der Waals surface area (Å²) in [6.07, 6.45) is 5.89. The van der Waals surface area contributed by atoms with Gasteiger partial charge in [0, 0.05) is 23.0 Å². The highest BCUT2D eigenvalue weighted by molar-refractivity contribution is 5.95. The van der Waals surface area contributed by atoms with Gasteiger partial charge in [-0.2, -0.15) is 0 Å². The molecule has 0 bridgehead atoms. The second-order valence-electron chi connectivity index (χ2n) is 5.34. The van der Waals surface area contributed by atoms with Crippen molar-refractivity contribution in [3.8, 4) is 5.75 Å². The van der Waals surface area contributed by atoms with Gasteiger partial charge in [-0.25, -0.2) is 4.98 Å². The Kier molecular flexibility index (Phi) is 3.28. The molecule has 0 saturated heterocycles. The molecule has 19 heavy (non-hydrogen) atoms. The van der Waals surface area contributed by atoms with Crippen molar-refractivity contribution in [1.29, 1.82) is 0 Å². The smallest absolute Gasteiger partial charge is 0.134 e. The normalized spacial score (nSPS) is 16.9. The van der Waals surface area contributed by atoms with Crippen LogP contribution in [0.3, 0.4) is 0 Å². The molecule has 3 nitrogen and oxygen atoms in total. The first-order chi connectivity index (χ1) is 9.29. The topological polar surface area (TPSA) is 34.1 Å². The number of anilines is 1. The lowest BCUT2D eigenvalue weighted by Crippen LogP contribution is -2.31. The number of nitrogens with one attached hydrogen (secondary N) is 1. The van der Waals surface area contributed by atoms with Crippen LogP contribution in [-0.4, -0.2) is 18.1 Å². The van der Waals surface area contributed by atoms with Gasteiger partial charge in [0.25, 0.3) is 0 Å². The van der Waals surface area contributed by atoms with E-state index in [2.05, 4.69) is 23.3 Å². The standard InChI is InChI=1S/C16H20N2O/c1-11(12-5-3-6-12)18-16-14-7-4-8-15(19-2)13(14)9-10-17-16/h4,7-12H,3,5-6H2,1-2H3,(H,17,18). The monoisotopic (exact) mass is 256 g/mol. The maximum Gasteiger partial charge on any atom is 0.134 e. The van der Waals surface area contributed by atoms with Crippen LogP contribution in [0, 0.1) is 5.92 Å². The summed E-state index contributed by atoms with van der Waals surface area (Å²) in [5, 5.41) is 5.82. The van der Waals surface area contributed by atoms with Crippen molar-refractivity contribution in [2.24, 2.45) is 5.92 Å². The molecule has 1 aliphatic carbocycles. The van der Waals surface area contributed by atoms with Crippen LogP contribution in [0.1, 0.15) is 26.2 Å². The molecule has 0 aliphatic heterocycles. The lowest BCUT2D eigenvalue weighted by molar-refractivity contribution is 0.285. The summed E-state index contributed by atoms with van der Waals surface area (Å²) in [6.45, 7) is 2.25. The van der Waals surface area contributed by atoms with Crippen molar-refractivity contribution < 1.29 is 4.74 Å². The number of nitrogens with zero attached hydrogens (tertiary/aromatic N) is 1. The Morgan fingerprint density at radius 1 is 1.26 bits per heavy atom. The first-order valence-electron chi connectivity index (χ1n) is 6.98. The minimum atomic E-state index is 0.484. The molecule has 3 rings (SSSR count). The minimum absolute atomic E-state index is 0.484. The van der Waals surface area contributed by atoms with Crippen LogP contribution < -0.4 is 10.1 Å². The zero-order valence-corrected chi connectivity index (χ0v) is 11.5. The predicted molar refractivity (Wildman–Crippen MR) is 78.7 cm³/mol. The number of ether oxygens (including phenoxy) is 1. The third-order valence-electron chi connectivity index (χ3n) is 4.21. The first kappa shape index (κ1) is 12.3. The first-order valence-corrected chi connectivity index (χ1v) is 6.98. The number of fused-ring (bicyclic) bond motifs is 1. The Hall–Kier alpha value is -1.77. The van der Waals surface area contributed by atoms with E-state index in [-0.39, 0.29) is 0 Å². The molecule has 1 aromatic heterocycles. The molecule has 100 valence electrons. The lowest BCUT2D eigenvalue weighted by Gasteiger charge is -2.32. The molecule has 1 saturated carbocycles. The van der Waals surface area contributed by atoms with Crippen molar-refractivity contribution >= 4 is 16.6 Å². The van der Waals surface area contributed by atoms with Gasteiger partial charge in [0.1, 0.15) is 11.6 Å². The molecule has 0 amide bonds. The molecule has 3 heteroatoms. The third-order valence-corrected chi connectivity index (χ3v) is 4.21. The summed E-state index contributed by atoms with van der Waals surface area (Å²) in [5.41, 5.74) is 0. The van der Waals surface area contributed by atoms with Gasteiger partial charge in [-0.05, 0) is 37.8 Å². The second-order valence-corrected chi connectivity index (χ2v) is 5.34. The molecule has 1 unspecified atom stereocenters. The highest BCUT2D eigenvalue weighted by Gasteiger charge is 2.24. The predicted octanol–water partition coefficient (Wildman–Crippen LogP) is 3.84. The molecule has 1 fully saturated rings. The van der Waals surface area contributed by atoms with E-state index < -0.39 is 0 Å². The molecule has 1 aromatic carbocycles. The summed E-state index contributed by atoms with van der Waals surface area (Å²) in [6, 6.07) is 8.59. The van der Waals surface area contributed by atoms with Gasteiger partial charge >= 0.3 is 0 Å². The van der Waals surface area contributed by atoms with Gasteiger partial charge in [-0.15, -0.1) is 0 Å². The average molecular weight is 256 g/mol. The van der Waals surface area contributed by atoms with E-state index in [1.54, 1.807) is 7.11 Å². The second kappa shape index (κ2) is 5.08. The average Bonchev–Trinajstić information content (AvgIpc) is 2.36. The van der Waals surface area contributed by atoms with Crippen LogP contribution in [0.4, 0.5) is 5.82 Å². The molecule has 0 radical (unpaired) electrons. The van der Waals surface area contributed by atoms with Crippen LogP contribution in [0.5, 0.6) is 5.75 Å². The van der Waals surface area contributed by atoms with Gasteiger partial charge in [-0.3, -0.25) is 0 Å². The molecular weight excluding hydrogens is 236 g/mol. The van der Waals surface area contributed by atoms with Crippen LogP contribution in [0.2, 0.25) is 0 Å². The molecule has 2 aromatic rings. The summed E-state index contributed by atoms with van der Waals surface area (Å²) in [7, 11) is 1.71. The number of benzene rings is 1. The number of aromatic nitrogens is 1. The van der Waals surface area contributed by atoms with Crippen molar-refractivity contribution in [2.75, 3.05) is 12.4 Å². The molecule has 1 heterocycles. The maximum atomic E-state index is 5.41. The summed E-state index contributed by atoms with van der Waals surface area (Å²) < 4.78 is 5.41. The molecule has 1 aliphatic rings. The molecule has 0 spiro atoms. The van der Waals surface area contributed by atoms with Crippen molar-refractivity contribution in [2.45, 2.75) is 32.2 Å². The van der Waals surface area contributed by atoms with E-state index in [1.807, 2.05) is 24.4 Å². The van der Waals surface area contributed by atoms with E-state index in [9.17, 15) is 0 Å². The van der Waals surface area contributed by atoms with Crippen LogP contribution in [0.25, 0.3) is 10.8 Å². The van der Waals surface area contributed by atoms with Gasteiger partial charge in [-0.1, -0.05) is 18.6 Å². The zero-order valence-electron chi connectivity index (χ0n) is 11.5. The fourth-order valence-electron chi connectivity index (χ4n) is 2.74. The fourth-order valence-corrected chi connectivity index (χ4v) is 2.74. The highest BCUT2D eigenvalue weighted by atomic mass is 16.5. The third kappa shape index (κ3) is 2.25. The summed E-state index contributed by atoms with van der Waals surface area (Å²) >= 11 is 0. The SMILES string of the molecule is COc1cccc2c(NC(C)C3CCC3)nccc12. The molecule has 1 atom stereocenters. The van der Waals surface area contributed by atoms with Gasteiger partial charge in [0.15, 0.2) is 0 Å². The Morgan fingerprint density at radius 3 is 2.79 bits per heavy atom. The highest BCUT2D eigenvalue weighted by Crippen LogP contribution is 2.33. The van der Waals surface area contributed by atoms with Crippen LogP contribution >= 0.6 is 0 Å². The quantitative estimate of drug-likeness (QED) is 0.902. The molecular formula is C16H20N2O. The van der Waals surface area contributed by atoms with Gasteiger partial charge in [0.2, 0.25) is 0 Å². The minimum Gasteiger partial charge on any atom is -0.496 e. The van der Waals surface area contributed by atoms with E-state index in [0.717, 1.165) is 28.3 Å². The van der Waals surface area contributed by atoms with Crippen molar-refractivity contribution in [1.82, 2.24) is 4.98 Å². The van der Waals surface area contributed by atoms with Crippen LogP contribution in [-0.2, 0) is 0 Å². The molecule has 1 N–H and O–H groups in total. The Balaban J connectivity index is 1.94. The fraction of sp³-hybridized carbons (Fsp3) is 0.438. The number of hydrogen-bond acceptors (Lipinski definition) is 3. The van der Waals surface area contributed by atoms with E-state index in [0.29, 0.717) is 6.04 Å². The van der Waals surface area contributed by atoms with Gasteiger partial charge in [0.05, 0.1) is 7.11 Å². The number of hydrogen-bond donors (Lipinski definition) is 1. The lowest BCUT2D eigenvalue weighted by atomic mass is 9.80. The number of pyridine rings is 1. The van der Waals surface area contributed by atoms with Crippen LogP contribution in [0.15, 0.2) is 30.5 Å². The Morgan fingerprint density at radius 2 is 2.11 bits per heavy atom. The maximum absolute atomic E-state index is 5.41. The van der Waals surface area contributed by atoms with Crippen molar-refractivity contribution in [3.05, 3.63) is 30.5 Å². The van der Waals surface area contributed by atoms with E-state index in [4.69, 9.17) is 4.74 Å². The van der Waals surface area contributed by atoms with Crippen molar-refractivity contribution in [3.63, 3.8) is 0 Å². The van der Waals surface area contributed by atoms with Gasteiger partial charge < -0.3 is 10.1 Å². The summed E-state index contributed by atoms with van der Waals surface area (Å²) in [4.78, 5) is 4.50. The van der Waals surface area contributed by atoms with E-state index in [1.165, 1.54) is 19.3 Å². The summed E-state index contributed by atoms with van der Waals surface area (Å²) in [5.74, 6) is 2.66. The zero-order chi connectivity index (χ0) is 13.2. The Bertz CT molecular complexity index is 578. The number of rotatable bonds is 4. The number of methoxy groups -OCH3 is 1.